The molecule has 4 rings (SSSR count). The maximum atomic E-state index is 10.8. The molecule has 0 aliphatic heterocycles. The van der Waals surface area contributed by atoms with Crippen LogP contribution < -0.4 is 0 Å². The summed E-state index contributed by atoms with van der Waals surface area (Å²) in [5, 5.41) is 10.8. The van der Waals surface area contributed by atoms with Gasteiger partial charge in [0.25, 0.3) is 0 Å². The molecular weight excluding hydrogens is 424 g/mol. The number of hydrogen-bond donors (Lipinski definition) is 1. The van der Waals surface area contributed by atoms with E-state index >= 15 is 0 Å². The molecule has 1 heteroatoms. The Balaban J connectivity index is 0.000000551. The van der Waals surface area contributed by atoms with Crippen LogP contribution in [-0.4, -0.2) is 11.2 Å². The molecule has 0 amide bonds. The number of hydrogen-bond acceptors (Lipinski definition) is 1. The van der Waals surface area contributed by atoms with Gasteiger partial charge in [0.2, 0.25) is 0 Å². The van der Waals surface area contributed by atoms with E-state index in [0.29, 0.717) is 27.6 Å². The lowest BCUT2D eigenvalue weighted by molar-refractivity contribution is -0.240. The van der Waals surface area contributed by atoms with E-state index in [4.69, 9.17) is 0 Å². The molecule has 0 aromatic carbocycles. The SMILES string of the molecule is CC.CC=C(C)C.CCC(C)C1CC[C@@]2(C)[C@@]1(C)CCC1[C@@]3(C)CC[C@H](O)C(C)(C)C3CC[C@]12C. The normalized spacial score (nSPS) is 46.3. The first-order valence-corrected chi connectivity index (χ1v) is 15.4. The third-order valence-corrected chi connectivity index (χ3v) is 13.2. The summed E-state index contributed by atoms with van der Waals surface area (Å²) in [6.07, 6.45) is 14.0. The van der Waals surface area contributed by atoms with Crippen molar-refractivity contribution in [1.29, 1.82) is 0 Å². The van der Waals surface area contributed by atoms with Gasteiger partial charge in [-0.05, 0) is 123 Å². The van der Waals surface area contributed by atoms with Gasteiger partial charge < -0.3 is 5.11 Å². The zero-order chi connectivity index (χ0) is 27.0. The molecule has 4 saturated carbocycles. The molecule has 9 atom stereocenters. The summed E-state index contributed by atoms with van der Waals surface area (Å²) in [5.41, 5.74) is 3.32. The number of aliphatic hydroxyl groups excluding tert-OH is 1. The van der Waals surface area contributed by atoms with E-state index in [-0.39, 0.29) is 11.5 Å². The predicted molar refractivity (Wildman–Crippen MR) is 156 cm³/mol. The first kappa shape index (κ1) is 30.9. The van der Waals surface area contributed by atoms with E-state index in [1.165, 1.54) is 56.9 Å². The molecule has 4 fully saturated rings. The van der Waals surface area contributed by atoms with Crippen molar-refractivity contribution < 1.29 is 5.11 Å². The van der Waals surface area contributed by atoms with E-state index in [9.17, 15) is 5.11 Å². The van der Waals surface area contributed by atoms with Crippen LogP contribution in [0.15, 0.2) is 11.6 Å². The van der Waals surface area contributed by atoms with Gasteiger partial charge in [0, 0.05) is 0 Å². The first-order valence-electron chi connectivity index (χ1n) is 15.4. The Labute approximate surface area is 221 Å². The summed E-state index contributed by atoms with van der Waals surface area (Å²) in [5.74, 6) is 3.29. The van der Waals surface area contributed by atoms with E-state index in [0.717, 1.165) is 24.2 Å². The molecule has 0 spiro atoms. The Morgan fingerprint density at radius 1 is 0.829 bits per heavy atom. The van der Waals surface area contributed by atoms with E-state index in [2.05, 4.69) is 75.3 Å². The fourth-order valence-corrected chi connectivity index (χ4v) is 10.3. The van der Waals surface area contributed by atoms with Crippen LogP contribution in [0.5, 0.6) is 0 Å². The average Bonchev–Trinajstić information content (AvgIpc) is 3.10. The van der Waals surface area contributed by atoms with Gasteiger partial charge in [-0.15, -0.1) is 0 Å². The Morgan fingerprint density at radius 3 is 1.86 bits per heavy atom. The summed E-state index contributed by atoms with van der Waals surface area (Å²) in [6, 6.07) is 0. The highest BCUT2D eigenvalue weighted by Crippen LogP contribution is 2.79. The fourth-order valence-electron chi connectivity index (χ4n) is 10.3. The van der Waals surface area contributed by atoms with Gasteiger partial charge in [0.15, 0.2) is 0 Å². The molecule has 4 unspecified atom stereocenters. The molecule has 1 N–H and O–H groups in total. The zero-order valence-electron chi connectivity index (χ0n) is 26.3. The van der Waals surface area contributed by atoms with Crippen molar-refractivity contribution in [2.45, 2.75) is 154 Å². The minimum atomic E-state index is -0.111. The molecule has 4 aliphatic carbocycles. The standard InChI is InChI=1S/C27H48O.C5H10.C2H6/c1-9-18(2)19-10-17-27(8)25(19,6)15-12-21-24(5)14-13-22(28)23(3,4)20(24)11-16-26(21,27)7;1-4-5(2)3;1-2/h18-22,28H,9-17H2,1-8H3;4H,1-3H3;1-2H3/t18?,19?,20?,21?,22-,24-,25-,26+,27-;;/m0../s1. The zero-order valence-corrected chi connectivity index (χ0v) is 26.3. The highest BCUT2D eigenvalue weighted by atomic mass is 16.3. The quantitative estimate of drug-likeness (QED) is 0.383. The molecule has 0 bridgehead atoms. The van der Waals surface area contributed by atoms with Gasteiger partial charge in [-0.2, -0.15) is 0 Å². The first-order chi connectivity index (χ1) is 16.2. The lowest BCUT2D eigenvalue weighted by atomic mass is 9.33. The summed E-state index contributed by atoms with van der Waals surface area (Å²) < 4.78 is 0. The van der Waals surface area contributed by atoms with Crippen LogP contribution in [0.3, 0.4) is 0 Å². The van der Waals surface area contributed by atoms with E-state index in [1.807, 2.05) is 20.8 Å². The highest BCUT2D eigenvalue weighted by Gasteiger charge is 2.71. The van der Waals surface area contributed by atoms with Crippen molar-refractivity contribution in [3.63, 3.8) is 0 Å². The van der Waals surface area contributed by atoms with Gasteiger partial charge in [0.1, 0.15) is 0 Å². The van der Waals surface area contributed by atoms with Gasteiger partial charge >= 0.3 is 0 Å². The monoisotopic (exact) mass is 488 g/mol. The Kier molecular flexibility index (Phi) is 9.56. The smallest absolute Gasteiger partial charge is 0.0594 e. The van der Waals surface area contributed by atoms with Crippen LogP contribution in [0, 0.1) is 50.7 Å². The van der Waals surface area contributed by atoms with E-state index < -0.39 is 0 Å². The van der Waals surface area contributed by atoms with Crippen molar-refractivity contribution in [3.8, 4) is 0 Å². The second kappa shape index (κ2) is 10.8. The third-order valence-electron chi connectivity index (χ3n) is 13.2. The van der Waals surface area contributed by atoms with Gasteiger partial charge in [-0.25, -0.2) is 0 Å². The Bertz CT molecular complexity index is 731. The Morgan fingerprint density at radius 2 is 1.34 bits per heavy atom. The van der Waals surface area contributed by atoms with Crippen LogP contribution in [0.4, 0.5) is 0 Å². The molecule has 0 radical (unpaired) electrons. The summed E-state index contributed by atoms with van der Waals surface area (Å²) in [7, 11) is 0. The fraction of sp³-hybridized carbons (Fsp3) is 0.941. The number of aliphatic hydroxyl groups is 1. The summed E-state index contributed by atoms with van der Waals surface area (Å²) >= 11 is 0. The molecule has 0 aromatic rings. The van der Waals surface area contributed by atoms with Crippen molar-refractivity contribution in [2.24, 2.45) is 50.7 Å². The van der Waals surface area contributed by atoms with Crippen LogP contribution in [-0.2, 0) is 0 Å². The Hall–Kier alpha value is -0.300. The van der Waals surface area contributed by atoms with Crippen LogP contribution in [0.25, 0.3) is 0 Å². The molecule has 0 heterocycles. The van der Waals surface area contributed by atoms with E-state index in [1.54, 1.807) is 0 Å². The maximum Gasteiger partial charge on any atom is 0.0594 e. The number of fused-ring (bicyclic) bond motifs is 5. The lowest BCUT2D eigenvalue weighted by Gasteiger charge is -2.72. The minimum Gasteiger partial charge on any atom is -0.393 e. The second-order valence-electron chi connectivity index (χ2n) is 14.6. The second-order valence-corrected chi connectivity index (χ2v) is 14.6. The lowest BCUT2D eigenvalue weighted by Crippen LogP contribution is -2.65. The molecule has 1 nitrogen and oxygen atoms in total. The molecule has 206 valence electrons. The maximum absolute atomic E-state index is 10.8. The number of rotatable bonds is 2. The molecular formula is C34H64O. The van der Waals surface area contributed by atoms with Gasteiger partial charge in [0.05, 0.1) is 6.10 Å². The van der Waals surface area contributed by atoms with Crippen LogP contribution in [0.2, 0.25) is 0 Å². The largest absolute Gasteiger partial charge is 0.393 e. The molecule has 0 aromatic heterocycles. The summed E-state index contributed by atoms with van der Waals surface area (Å²) in [4.78, 5) is 0. The minimum absolute atomic E-state index is 0.0743. The topological polar surface area (TPSA) is 20.2 Å². The average molecular weight is 489 g/mol. The summed E-state index contributed by atoms with van der Waals surface area (Å²) in [6.45, 7) is 30.6. The highest BCUT2D eigenvalue weighted by molar-refractivity contribution is 5.20. The molecule has 4 aliphatic rings. The number of allylic oxidation sites excluding steroid dienone is 2. The molecule has 0 saturated heterocycles. The van der Waals surface area contributed by atoms with Crippen molar-refractivity contribution in [2.75, 3.05) is 0 Å². The van der Waals surface area contributed by atoms with Gasteiger partial charge in [-0.1, -0.05) is 87.3 Å². The van der Waals surface area contributed by atoms with Crippen molar-refractivity contribution in [1.82, 2.24) is 0 Å². The molecule has 35 heavy (non-hydrogen) atoms. The predicted octanol–water partition coefficient (Wildman–Crippen LogP) is 10.5. The van der Waals surface area contributed by atoms with Gasteiger partial charge in [-0.3, -0.25) is 0 Å². The van der Waals surface area contributed by atoms with Crippen molar-refractivity contribution in [3.05, 3.63) is 11.6 Å². The van der Waals surface area contributed by atoms with Crippen LogP contribution in [0.1, 0.15) is 148 Å². The third kappa shape index (κ3) is 4.61. The van der Waals surface area contributed by atoms with Crippen LogP contribution >= 0.6 is 0 Å². The van der Waals surface area contributed by atoms with Crippen molar-refractivity contribution >= 4 is 0 Å².